The smallest absolute Gasteiger partial charge is 0.235 e. The van der Waals surface area contributed by atoms with Gasteiger partial charge in [-0.3, -0.25) is 4.79 Å². The molecule has 146 valence electrons. The first-order valence-electron chi connectivity index (χ1n) is 9.74. The van der Waals surface area contributed by atoms with Crippen molar-refractivity contribution in [2.45, 2.75) is 44.6 Å². The van der Waals surface area contributed by atoms with E-state index in [4.69, 9.17) is 9.47 Å². The molecular formula is C23H26N2O3. The van der Waals surface area contributed by atoms with Gasteiger partial charge >= 0.3 is 0 Å². The summed E-state index contributed by atoms with van der Waals surface area (Å²) in [5, 5.41) is 12.6. The van der Waals surface area contributed by atoms with E-state index in [-0.39, 0.29) is 12.0 Å². The standard InChI is InChI=1S/C23H26N2O3/c1-3-17(2)28-20-9-10-21(18(15-20)16-24)25-22(26)23(11-13-27-14-12-23)19-7-5-4-6-8-19/h4-10,15,17H,3,11-14H2,1-2H3,(H,25,26). The zero-order chi connectivity index (χ0) is 20.0. The Hall–Kier alpha value is -2.84. The molecule has 3 rings (SSSR count). The van der Waals surface area contributed by atoms with Crippen molar-refractivity contribution < 1.29 is 14.3 Å². The molecule has 5 nitrogen and oxygen atoms in total. The van der Waals surface area contributed by atoms with Gasteiger partial charge in [-0.2, -0.15) is 5.26 Å². The molecule has 1 aliphatic rings. The molecule has 0 bridgehead atoms. The molecule has 0 saturated carbocycles. The zero-order valence-electron chi connectivity index (χ0n) is 16.4. The molecule has 1 amide bonds. The topological polar surface area (TPSA) is 71.3 Å². The number of anilines is 1. The first-order valence-corrected chi connectivity index (χ1v) is 9.74. The van der Waals surface area contributed by atoms with E-state index in [9.17, 15) is 10.1 Å². The maximum absolute atomic E-state index is 13.4. The van der Waals surface area contributed by atoms with Crippen LogP contribution in [-0.4, -0.2) is 25.2 Å². The summed E-state index contributed by atoms with van der Waals surface area (Å²) < 4.78 is 11.3. The predicted octanol–water partition coefficient (Wildman–Crippen LogP) is 4.42. The number of nitrogens with one attached hydrogen (secondary N) is 1. The molecule has 0 aliphatic carbocycles. The summed E-state index contributed by atoms with van der Waals surface area (Å²) in [4.78, 5) is 13.4. The lowest BCUT2D eigenvalue weighted by atomic mass is 9.73. The quantitative estimate of drug-likeness (QED) is 0.807. The van der Waals surface area contributed by atoms with Crippen LogP contribution in [0, 0.1) is 11.3 Å². The van der Waals surface area contributed by atoms with Gasteiger partial charge < -0.3 is 14.8 Å². The molecule has 1 fully saturated rings. The number of ether oxygens (including phenoxy) is 2. The van der Waals surface area contributed by atoms with E-state index in [0.717, 1.165) is 12.0 Å². The van der Waals surface area contributed by atoms with Crippen molar-refractivity contribution in [3.63, 3.8) is 0 Å². The van der Waals surface area contributed by atoms with Crippen LogP contribution in [0.3, 0.4) is 0 Å². The molecule has 0 aromatic heterocycles. The second-order valence-electron chi connectivity index (χ2n) is 7.17. The zero-order valence-corrected chi connectivity index (χ0v) is 16.4. The minimum Gasteiger partial charge on any atom is -0.491 e. The van der Waals surface area contributed by atoms with Gasteiger partial charge in [0.1, 0.15) is 11.8 Å². The summed E-state index contributed by atoms with van der Waals surface area (Å²) in [6, 6.07) is 17.2. The highest BCUT2D eigenvalue weighted by Gasteiger charge is 2.41. The Morgan fingerprint density at radius 2 is 1.96 bits per heavy atom. The van der Waals surface area contributed by atoms with Crippen molar-refractivity contribution >= 4 is 11.6 Å². The summed E-state index contributed by atoms with van der Waals surface area (Å²) in [6.07, 6.45) is 2.16. The van der Waals surface area contributed by atoms with E-state index in [1.165, 1.54) is 0 Å². The number of hydrogen-bond donors (Lipinski definition) is 1. The second kappa shape index (κ2) is 8.90. The number of nitrogens with zero attached hydrogens (tertiary/aromatic N) is 1. The average Bonchev–Trinajstić information content (AvgIpc) is 2.75. The summed E-state index contributed by atoms with van der Waals surface area (Å²) >= 11 is 0. The molecule has 1 atom stereocenters. The van der Waals surface area contributed by atoms with E-state index < -0.39 is 5.41 Å². The molecule has 2 aromatic carbocycles. The number of carbonyl (C=O) groups is 1. The Morgan fingerprint density at radius 3 is 2.61 bits per heavy atom. The van der Waals surface area contributed by atoms with Crippen LogP contribution in [0.4, 0.5) is 5.69 Å². The van der Waals surface area contributed by atoms with Crippen molar-refractivity contribution in [1.82, 2.24) is 0 Å². The monoisotopic (exact) mass is 378 g/mol. The highest BCUT2D eigenvalue weighted by atomic mass is 16.5. The van der Waals surface area contributed by atoms with Crippen LogP contribution in [0.1, 0.15) is 44.2 Å². The third-order valence-electron chi connectivity index (χ3n) is 5.38. The van der Waals surface area contributed by atoms with Crippen LogP contribution in [0.15, 0.2) is 48.5 Å². The molecule has 1 N–H and O–H groups in total. The van der Waals surface area contributed by atoms with Crippen molar-refractivity contribution in [1.29, 1.82) is 5.26 Å². The van der Waals surface area contributed by atoms with E-state index in [0.29, 0.717) is 43.1 Å². The molecule has 1 unspecified atom stereocenters. The molecule has 0 radical (unpaired) electrons. The molecular weight excluding hydrogens is 352 g/mol. The van der Waals surface area contributed by atoms with Gasteiger partial charge in [-0.05, 0) is 43.9 Å². The van der Waals surface area contributed by atoms with E-state index >= 15 is 0 Å². The van der Waals surface area contributed by atoms with Gasteiger partial charge in [0.15, 0.2) is 0 Å². The minimum absolute atomic E-state index is 0.0653. The van der Waals surface area contributed by atoms with Gasteiger partial charge in [-0.15, -0.1) is 0 Å². The summed E-state index contributed by atoms with van der Waals surface area (Å²) in [5.74, 6) is 0.529. The lowest BCUT2D eigenvalue weighted by Gasteiger charge is -2.36. The third kappa shape index (κ3) is 4.18. The first-order chi connectivity index (χ1) is 13.6. The maximum Gasteiger partial charge on any atom is 0.235 e. The number of rotatable bonds is 6. The SMILES string of the molecule is CCC(C)Oc1ccc(NC(=O)C2(c3ccccc3)CCOCC2)c(C#N)c1. The van der Waals surface area contributed by atoms with Crippen molar-refractivity contribution in [2.75, 3.05) is 18.5 Å². The number of nitriles is 1. The highest BCUT2D eigenvalue weighted by molar-refractivity contribution is 6.00. The Labute approximate surface area is 166 Å². The van der Waals surface area contributed by atoms with Crippen LogP contribution < -0.4 is 10.1 Å². The summed E-state index contributed by atoms with van der Waals surface area (Å²) in [6.45, 7) is 5.10. The molecule has 2 aromatic rings. The van der Waals surface area contributed by atoms with E-state index in [1.54, 1.807) is 18.2 Å². The van der Waals surface area contributed by atoms with Gasteiger partial charge in [0.25, 0.3) is 0 Å². The van der Waals surface area contributed by atoms with Crippen molar-refractivity contribution in [3.05, 3.63) is 59.7 Å². The molecule has 1 aliphatic heterocycles. The van der Waals surface area contributed by atoms with Crippen LogP contribution in [0.5, 0.6) is 5.75 Å². The van der Waals surface area contributed by atoms with Crippen LogP contribution >= 0.6 is 0 Å². The number of carbonyl (C=O) groups excluding carboxylic acids is 1. The van der Waals surface area contributed by atoms with Gasteiger partial charge in [-0.1, -0.05) is 37.3 Å². The maximum atomic E-state index is 13.4. The van der Waals surface area contributed by atoms with Gasteiger partial charge in [-0.25, -0.2) is 0 Å². The summed E-state index contributed by atoms with van der Waals surface area (Å²) in [7, 11) is 0. The fourth-order valence-electron chi connectivity index (χ4n) is 3.48. The lowest BCUT2D eigenvalue weighted by Crippen LogP contribution is -2.44. The van der Waals surface area contributed by atoms with Crippen molar-refractivity contribution in [2.24, 2.45) is 0 Å². The van der Waals surface area contributed by atoms with E-state index in [2.05, 4.69) is 11.4 Å². The number of hydrogen-bond acceptors (Lipinski definition) is 4. The van der Waals surface area contributed by atoms with Crippen molar-refractivity contribution in [3.8, 4) is 11.8 Å². The Bertz CT molecular complexity index is 852. The largest absolute Gasteiger partial charge is 0.491 e. The minimum atomic E-state index is -0.655. The molecule has 0 spiro atoms. The lowest BCUT2D eigenvalue weighted by molar-refractivity contribution is -0.125. The van der Waals surface area contributed by atoms with Gasteiger partial charge in [0.2, 0.25) is 5.91 Å². The molecule has 28 heavy (non-hydrogen) atoms. The fourth-order valence-corrected chi connectivity index (χ4v) is 3.48. The normalized spacial score (nSPS) is 16.6. The molecule has 1 saturated heterocycles. The molecule has 1 heterocycles. The fraction of sp³-hybridized carbons (Fsp3) is 0.391. The average molecular weight is 378 g/mol. The Balaban J connectivity index is 1.87. The second-order valence-corrected chi connectivity index (χ2v) is 7.17. The predicted molar refractivity (Wildman–Crippen MR) is 108 cm³/mol. The highest BCUT2D eigenvalue weighted by Crippen LogP contribution is 2.36. The van der Waals surface area contributed by atoms with E-state index in [1.807, 2.05) is 44.2 Å². The summed E-state index contributed by atoms with van der Waals surface area (Å²) in [5.41, 5.74) is 1.22. The third-order valence-corrected chi connectivity index (χ3v) is 5.38. The van der Waals surface area contributed by atoms with Gasteiger partial charge in [0.05, 0.1) is 22.8 Å². The Morgan fingerprint density at radius 1 is 1.25 bits per heavy atom. The molecule has 5 heteroatoms. The first kappa shape index (κ1) is 19.9. The van der Waals surface area contributed by atoms with Gasteiger partial charge in [0, 0.05) is 19.3 Å². The number of amides is 1. The Kier molecular flexibility index (Phi) is 6.33. The number of benzene rings is 2. The van der Waals surface area contributed by atoms with Crippen LogP contribution in [-0.2, 0) is 14.9 Å². The van der Waals surface area contributed by atoms with Crippen LogP contribution in [0.25, 0.3) is 0 Å². The van der Waals surface area contributed by atoms with Crippen LogP contribution in [0.2, 0.25) is 0 Å².